The maximum absolute atomic E-state index is 12.5. The summed E-state index contributed by atoms with van der Waals surface area (Å²) in [6.07, 6.45) is 3.54. The molecule has 0 aliphatic carbocycles. The summed E-state index contributed by atoms with van der Waals surface area (Å²) in [7, 11) is -3.40. The van der Waals surface area contributed by atoms with E-state index in [4.69, 9.17) is 5.73 Å². The number of sulfonamides is 1. The highest BCUT2D eigenvalue weighted by atomic mass is 32.2. The fourth-order valence-electron chi connectivity index (χ4n) is 2.91. The molecule has 0 saturated carbocycles. The van der Waals surface area contributed by atoms with Gasteiger partial charge in [0, 0.05) is 24.5 Å². The molecule has 1 aliphatic rings. The second kappa shape index (κ2) is 7.95. The van der Waals surface area contributed by atoms with Gasteiger partial charge in [0.1, 0.15) is 4.21 Å². The van der Waals surface area contributed by atoms with Crippen LogP contribution in [0.3, 0.4) is 0 Å². The molecule has 1 saturated heterocycles. The third-order valence-corrected chi connectivity index (χ3v) is 8.23. The molecular weight excluding hydrogens is 346 g/mol. The number of hydrogen-bond acceptors (Lipinski definition) is 5. The molecule has 24 heavy (non-hydrogen) atoms. The highest BCUT2D eigenvalue weighted by molar-refractivity contribution is 7.91. The van der Waals surface area contributed by atoms with E-state index < -0.39 is 10.0 Å². The Hall–Kier alpha value is -0.960. The fourth-order valence-corrected chi connectivity index (χ4v) is 5.94. The zero-order chi connectivity index (χ0) is 17.8. The van der Waals surface area contributed by atoms with E-state index in [0.717, 1.165) is 30.6 Å². The minimum atomic E-state index is -3.40. The molecule has 0 bridgehead atoms. The van der Waals surface area contributed by atoms with Gasteiger partial charge in [0.25, 0.3) is 10.0 Å². The number of nitrogens with one attached hydrogen (secondary N) is 1. The Morgan fingerprint density at radius 1 is 1.29 bits per heavy atom. The standard InChI is InChI=1S/C16H27N3O3S2/c1-3-16(4-2,12-17)18-14(20)11-13-7-8-15(23-13)24(21,22)19-9-5-6-10-19/h7-8H,3-6,9-12,17H2,1-2H3,(H,18,20). The summed E-state index contributed by atoms with van der Waals surface area (Å²) in [5, 5.41) is 3.01. The first-order valence-electron chi connectivity index (χ1n) is 8.47. The molecule has 3 N–H and O–H groups in total. The van der Waals surface area contributed by atoms with Crippen molar-refractivity contribution < 1.29 is 13.2 Å². The van der Waals surface area contributed by atoms with Crippen molar-refractivity contribution in [2.24, 2.45) is 5.73 Å². The summed E-state index contributed by atoms with van der Waals surface area (Å²) in [6.45, 7) is 5.57. The molecule has 0 spiro atoms. The summed E-state index contributed by atoms with van der Waals surface area (Å²) in [4.78, 5) is 13.1. The SMILES string of the molecule is CCC(CC)(CN)NC(=O)Cc1ccc(S(=O)(=O)N2CCCC2)s1. The van der Waals surface area contributed by atoms with Gasteiger partial charge >= 0.3 is 0 Å². The zero-order valence-corrected chi connectivity index (χ0v) is 16.0. The molecule has 1 aliphatic heterocycles. The first-order chi connectivity index (χ1) is 11.4. The predicted octanol–water partition coefficient (Wildman–Crippen LogP) is 1.71. The van der Waals surface area contributed by atoms with E-state index in [2.05, 4.69) is 5.32 Å². The Kier molecular flexibility index (Phi) is 6.41. The second-order valence-electron chi connectivity index (χ2n) is 6.25. The average Bonchev–Trinajstić information content (AvgIpc) is 3.24. The van der Waals surface area contributed by atoms with E-state index in [0.29, 0.717) is 23.8 Å². The number of nitrogens with two attached hydrogens (primary N) is 1. The molecule has 1 amide bonds. The molecule has 1 aromatic rings. The third-order valence-electron chi connectivity index (χ3n) is 4.78. The van der Waals surface area contributed by atoms with Crippen LogP contribution in [0.4, 0.5) is 0 Å². The van der Waals surface area contributed by atoms with Crippen LogP contribution in [0.25, 0.3) is 0 Å². The van der Waals surface area contributed by atoms with Crippen molar-refractivity contribution in [3.05, 3.63) is 17.0 Å². The Balaban J connectivity index is 2.04. The van der Waals surface area contributed by atoms with Crippen molar-refractivity contribution in [2.75, 3.05) is 19.6 Å². The van der Waals surface area contributed by atoms with E-state index in [1.165, 1.54) is 15.6 Å². The Morgan fingerprint density at radius 2 is 1.92 bits per heavy atom. The van der Waals surface area contributed by atoms with Crippen LogP contribution >= 0.6 is 11.3 Å². The molecule has 0 atom stereocenters. The number of hydrogen-bond donors (Lipinski definition) is 2. The lowest BCUT2D eigenvalue weighted by molar-refractivity contribution is -0.122. The molecule has 1 aromatic heterocycles. The predicted molar refractivity (Wildman–Crippen MR) is 96.5 cm³/mol. The van der Waals surface area contributed by atoms with Crippen molar-refractivity contribution in [1.82, 2.24) is 9.62 Å². The summed E-state index contributed by atoms with van der Waals surface area (Å²) >= 11 is 1.18. The van der Waals surface area contributed by atoms with Crippen molar-refractivity contribution >= 4 is 27.3 Å². The molecule has 0 aromatic carbocycles. The smallest absolute Gasteiger partial charge is 0.252 e. The van der Waals surface area contributed by atoms with Crippen molar-refractivity contribution in [1.29, 1.82) is 0 Å². The van der Waals surface area contributed by atoms with E-state index in [1.54, 1.807) is 12.1 Å². The van der Waals surface area contributed by atoms with Crippen LogP contribution < -0.4 is 11.1 Å². The number of carbonyl (C=O) groups is 1. The van der Waals surface area contributed by atoms with Crippen LogP contribution in [-0.4, -0.2) is 43.8 Å². The minimum absolute atomic E-state index is 0.115. The Labute approximate surface area is 148 Å². The van der Waals surface area contributed by atoms with E-state index in [-0.39, 0.29) is 17.9 Å². The lowest BCUT2D eigenvalue weighted by Crippen LogP contribution is -2.53. The van der Waals surface area contributed by atoms with E-state index in [1.807, 2.05) is 13.8 Å². The monoisotopic (exact) mass is 373 g/mol. The quantitative estimate of drug-likeness (QED) is 0.725. The molecule has 2 rings (SSSR count). The number of thiophene rings is 1. The number of rotatable bonds is 8. The molecule has 6 nitrogen and oxygen atoms in total. The van der Waals surface area contributed by atoms with Gasteiger partial charge in [-0.15, -0.1) is 11.3 Å². The Bertz CT molecular complexity index is 652. The van der Waals surface area contributed by atoms with Gasteiger partial charge in [0.2, 0.25) is 5.91 Å². The third kappa shape index (κ3) is 4.17. The first-order valence-corrected chi connectivity index (χ1v) is 10.7. The van der Waals surface area contributed by atoms with Crippen LogP contribution in [0.2, 0.25) is 0 Å². The van der Waals surface area contributed by atoms with Crippen molar-refractivity contribution in [2.45, 2.75) is 55.7 Å². The molecule has 2 heterocycles. The molecule has 0 radical (unpaired) electrons. The van der Waals surface area contributed by atoms with Crippen LogP contribution in [0.5, 0.6) is 0 Å². The normalized spacial score (nSPS) is 16.5. The van der Waals surface area contributed by atoms with Crippen LogP contribution in [0.1, 0.15) is 44.4 Å². The van der Waals surface area contributed by atoms with Gasteiger partial charge in [-0.25, -0.2) is 8.42 Å². The van der Waals surface area contributed by atoms with Crippen molar-refractivity contribution in [3.8, 4) is 0 Å². The lowest BCUT2D eigenvalue weighted by Gasteiger charge is -2.31. The second-order valence-corrected chi connectivity index (χ2v) is 9.58. The summed E-state index contributed by atoms with van der Waals surface area (Å²) < 4.78 is 26.9. The van der Waals surface area contributed by atoms with Gasteiger partial charge in [-0.1, -0.05) is 13.8 Å². The van der Waals surface area contributed by atoms with Gasteiger partial charge in [-0.3, -0.25) is 4.79 Å². The Morgan fingerprint density at radius 3 is 2.46 bits per heavy atom. The van der Waals surface area contributed by atoms with Gasteiger partial charge < -0.3 is 11.1 Å². The van der Waals surface area contributed by atoms with Crippen LogP contribution in [0.15, 0.2) is 16.3 Å². The summed E-state index contributed by atoms with van der Waals surface area (Å²) in [5.74, 6) is -0.115. The summed E-state index contributed by atoms with van der Waals surface area (Å²) in [6, 6.07) is 3.34. The van der Waals surface area contributed by atoms with Gasteiger partial charge in [-0.05, 0) is 37.8 Å². The van der Waals surface area contributed by atoms with Gasteiger partial charge in [0.15, 0.2) is 0 Å². The van der Waals surface area contributed by atoms with E-state index >= 15 is 0 Å². The molecule has 8 heteroatoms. The molecular formula is C16H27N3O3S2. The number of nitrogens with zero attached hydrogens (tertiary/aromatic N) is 1. The van der Waals surface area contributed by atoms with Crippen molar-refractivity contribution in [3.63, 3.8) is 0 Å². The molecule has 136 valence electrons. The topological polar surface area (TPSA) is 92.5 Å². The minimum Gasteiger partial charge on any atom is -0.349 e. The molecule has 0 unspecified atom stereocenters. The fraction of sp³-hybridized carbons (Fsp3) is 0.688. The zero-order valence-electron chi connectivity index (χ0n) is 14.4. The number of carbonyl (C=O) groups excluding carboxylic acids is 1. The molecule has 1 fully saturated rings. The van der Waals surface area contributed by atoms with Crippen LogP contribution in [-0.2, 0) is 21.2 Å². The van der Waals surface area contributed by atoms with Gasteiger partial charge in [-0.2, -0.15) is 4.31 Å². The summed E-state index contributed by atoms with van der Waals surface area (Å²) in [5.41, 5.74) is 5.43. The average molecular weight is 374 g/mol. The van der Waals surface area contributed by atoms with E-state index in [9.17, 15) is 13.2 Å². The largest absolute Gasteiger partial charge is 0.349 e. The van der Waals surface area contributed by atoms with Crippen LogP contribution in [0, 0.1) is 0 Å². The highest BCUT2D eigenvalue weighted by Crippen LogP contribution is 2.27. The maximum atomic E-state index is 12.5. The van der Waals surface area contributed by atoms with Gasteiger partial charge in [0.05, 0.1) is 12.0 Å². The first kappa shape index (κ1) is 19.4. The number of amides is 1. The lowest BCUT2D eigenvalue weighted by atomic mass is 9.93. The maximum Gasteiger partial charge on any atom is 0.252 e. The highest BCUT2D eigenvalue weighted by Gasteiger charge is 2.29.